The molecule has 2 heterocycles. The normalized spacial score (nSPS) is 15.1. The van der Waals surface area contributed by atoms with Crippen LogP contribution in [0.2, 0.25) is 0 Å². The van der Waals surface area contributed by atoms with E-state index in [-0.39, 0.29) is 41.4 Å². The number of carbonyl (C=O) groups is 4. The Bertz CT molecular complexity index is 2000. The highest BCUT2D eigenvalue weighted by Gasteiger charge is 2.49. The van der Waals surface area contributed by atoms with Crippen LogP contribution in [-0.2, 0) is 32.5 Å². The smallest absolute Gasteiger partial charge is 0.354 e. The first-order valence-corrected chi connectivity index (χ1v) is 17.8. The molecule has 5 rings (SSSR count). The number of nitrogens with zero attached hydrogens (tertiary/aromatic N) is 3. The number of ether oxygens (including phenoxy) is 2. The molecule has 270 valence electrons. The minimum Gasteiger partial charge on any atom is -0.487 e. The number of methoxy groups -OCH3 is 1. The summed E-state index contributed by atoms with van der Waals surface area (Å²) in [5.41, 5.74) is 7.20. The molecule has 0 saturated heterocycles. The minimum absolute atomic E-state index is 0.0335. The molecule has 3 aromatic carbocycles. The lowest BCUT2D eigenvalue weighted by Gasteiger charge is -2.37. The van der Waals surface area contributed by atoms with Crippen LogP contribution < -0.4 is 15.8 Å². The first kappa shape index (κ1) is 36.8. The molecule has 2 aliphatic heterocycles. The van der Waals surface area contributed by atoms with Gasteiger partial charge in [0.2, 0.25) is 0 Å². The summed E-state index contributed by atoms with van der Waals surface area (Å²) in [6.07, 6.45) is 0.211. The van der Waals surface area contributed by atoms with Crippen molar-refractivity contribution >= 4 is 39.8 Å². The van der Waals surface area contributed by atoms with E-state index in [1.807, 2.05) is 13.8 Å². The van der Waals surface area contributed by atoms with Gasteiger partial charge in [-0.15, -0.1) is 0 Å². The van der Waals surface area contributed by atoms with Crippen molar-refractivity contribution in [3.8, 4) is 5.75 Å². The van der Waals surface area contributed by atoms with Gasteiger partial charge in [0.1, 0.15) is 17.4 Å². The number of hydrazine groups is 1. The summed E-state index contributed by atoms with van der Waals surface area (Å²) in [5.74, 6) is -2.50. The topological polar surface area (TPSA) is 192 Å². The quantitative estimate of drug-likeness (QED) is 0.0860. The third kappa shape index (κ3) is 6.85. The summed E-state index contributed by atoms with van der Waals surface area (Å²) in [4.78, 5) is 56.3. The van der Waals surface area contributed by atoms with Crippen LogP contribution in [0.5, 0.6) is 5.75 Å². The molecule has 0 saturated carbocycles. The van der Waals surface area contributed by atoms with Gasteiger partial charge in [0.05, 0.1) is 29.7 Å². The van der Waals surface area contributed by atoms with Gasteiger partial charge in [-0.3, -0.25) is 15.0 Å². The maximum absolute atomic E-state index is 15.3. The van der Waals surface area contributed by atoms with Gasteiger partial charge in [0, 0.05) is 18.5 Å². The number of hydrogen-bond donors (Lipinski definition) is 3. The fourth-order valence-electron chi connectivity index (χ4n) is 6.61. The van der Waals surface area contributed by atoms with E-state index in [0.717, 1.165) is 12.1 Å². The summed E-state index contributed by atoms with van der Waals surface area (Å²) < 4.78 is 42.2. The van der Waals surface area contributed by atoms with Crippen LogP contribution in [0, 0.1) is 26.2 Å². The molecule has 0 aromatic heterocycles. The molecule has 0 aliphatic carbocycles. The van der Waals surface area contributed by atoms with E-state index < -0.39 is 52.0 Å². The van der Waals surface area contributed by atoms with E-state index in [0.29, 0.717) is 49.3 Å². The van der Waals surface area contributed by atoms with Gasteiger partial charge >= 0.3 is 12.0 Å². The summed E-state index contributed by atoms with van der Waals surface area (Å²) >= 11 is 0. The number of guanidine groups is 1. The van der Waals surface area contributed by atoms with Gasteiger partial charge < -0.3 is 20.5 Å². The molecule has 2 aliphatic rings. The second-order valence-corrected chi connectivity index (χ2v) is 14.9. The Hall–Kier alpha value is -5.44. The number of esters is 1. The summed E-state index contributed by atoms with van der Waals surface area (Å²) in [6, 6.07) is 11.4. The third-order valence-corrected chi connectivity index (χ3v) is 11.2. The number of rotatable bonds is 11. The first-order valence-electron chi connectivity index (χ1n) is 16.4. The highest BCUT2D eigenvalue weighted by Crippen LogP contribution is 2.45. The highest BCUT2D eigenvalue weighted by atomic mass is 32.2. The molecule has 4 amide bonds. The van der Waals surface area contributed by atoms with Crippen LogP contribution in [0.25, 0.3) is 0 Å². The predicted molar refractivity (Wildman–Crippen MR) is 187 cm³/mol. The van der Waals surface area contributed by atoms with Crippen molar-refractivity contribution in [2.45, 2.75) is 77.0 Å². The molecule has 0 unspecified atom stereocenters. The predicted octanol–water partition coefficient (Wildman–Crippen LogP) is 3.95. The van der Waals surface area contributed by atoms with E-state index in [2.05, 4.69) is 5.32 Å². The summed E-state index contributed by atoms with van der Waals surface area (Å²) in [7, 11) is -3.90. The molecule has 15 heteroatoms. The van der Waals surface area contributed by atoms with E-state index in [4.69, 9.17) is 20.6 Å². The van der Waals surface area contributed by atoms with Crippen molar-refractivity contribution < 1.29 is 37.1 Å². The fraction of sp³-hybridized carbons (Fsp3) is 0.361. The zero-order valence-corrected chi connectivity index (χ0v) is 30.2. The van der Waals surface area contributed by atoms with Crippen LogP contribution in [0.4, 0.5) is 4.79 Å². The number of carbonyl (C=O) groups excluding carboxylic acids is 4. The molecule has 1 atom stereocenters. The maximum atomic E-state index is 15.3. The molecular formula is C36H42N6O8S. The zero-order chi connectivity index (χ0) is 37.4. The Morgan fingerprint density at radius 1 is 1.00 bits per heavy atom. The number of nitrogens with one attached hydrogen (secondary N) is 2. The number of hydrogen-bond acceptors (Lipinski definition) is 9. The van der Waals surface area contributed by atoms with Gasteiger partial charge in [-0.1, -0.05) is 42.5 Å². The van der Waals surface area contributed by atoms with Gasteiger partial charge in [-0.25, -0.2) is 27.3 Å². The fourth-order valence-corrected chi connectivity index (χ4v) is 8.68. The lowest BCUT2D eigenvalue weighted by Crippen LogP contribution is -2.59. The number of benzene rings is 3. The van der Waals surface area contributed by atoms with Crippen molar-refractivity contribution in [1.82, 2.24) is 19.6 Å². The zero-order valence-electron chi connectivity index (χ0n) is 29.4. The van der Waals surface area contributed by atoms with Gasteiger partial charge in [-0.2, -0.15) is 5.01 Å². The number of amides is 4. The van der Waals surface area contributed by atoms with Gasteiger partial charge in [0.25, 0.3) is 21.8 Å². The Balaban J connectivity index is 1.73. The van der Waals surface area contributed by atoms with Crippen molar-refractivity contribution in [2.24, 2.45) is 5.73 Å². The second-order valence-electron chi connectivity index (χ2n) is 13.2. The summed E-state index contributed by atoms with van der Waals surface area (Å²) in [5, 5.41) is 11.5. The van der Waals surface area contributed by atoms with Crippen molar-refractivity contribution in [2.75, 3.05) is 13.7 Å². The molecule has 14 nitrogen and oxygen atoms in total. The number of urea groups is 1. The molecule has 0 spiro atoms. The standard InChI is InChI=1S/C36H42N6O8S/c1-21-22(2)30(23(3)27-19-36(4,5)50-29(21)27)51(47,48)42(28(33(45)49-6)17-12-18-39-34(37)38)35(46)40(20-24-13-8-7-9-14-24)41-31(43)25-15-10-11-16-26(25)32(41)44/h7-11,13-16,28H,12,17-20H2,1-6H3,(H4,37,38,39)/t28-/m0/s1. The van der Waals surface area contributed by atoms with E-state index >= 15 is 13.2 Å². The Kier molecular flexibility index (Phi) is 10.2. The molecule has 4 N–H and O–H groups in total. The monoisotopic (exact) mass is 718 g/mol. The maximum Gasteiger partial charge on any atom is 0.354 e. The van der Waals surface area contributed by atoms with Gasteiger partial charge in [0.15, 0.2) is 5.96 Å². The van der Waals surface area contributed by atoms with Crippen molar-refractivity contribution in [3.63, 3.8) is 0 Å². The Morgan fingerprint density at radius 2 is 1.59 bits per heavy atom. The highest BCUT2D eigenvalue weighted by molar-refractivity contribution is 7.89. The average Bonchev–Trinajstić information content (AvgIpc) is 3.55. The lowest BCUT2D eigenvalue weighted by atomic mass is 9.94. The minimum atomic E-state index is -4.97. The van der Waals surface area contributed by atoms with Crippen LogP contribution in [0.15, 0.2) is 59.5 Å². The van der Waals surface area contributed by atoms with E-state index in [1.165, 1.54) is 12.1 Å². The average molecular weight is 719 g/mol. The number of fused-ring (bicyclic) bond motifs is 2. The molecule has 0 radical (unpaired) electrons. The van der Waals surface area contributed by atoms with Crippen molar-refractivity contribution in [1.29, 1.82) is 5.41 Å². The number of imide groups is 1. The molecular weight excluding hydrogens is 676 g/mol. The van der Waals surface area contributed by atoms with Gasteiger partial charge in [-0.05, 0) is 81.8 Å². The SMILES string of the molecule is COC(=O)[C@H](CCCNC(=N)N)N(C(=O)N(Cc1ccccc1)N1C(=O)c2ccccc2C1=O)S(=O)(=O)c1c(C)c(C)c2c(c1C)CC(C)(C)O2. The second kappa shape index (κ2) is 14.1. The first-order chi connectivity index (χ1) is 24.0. The van der Waals surface area contributed by atoms with E-state index in [1.54, 1.807) is 63.2 Å². The molecule has 0 bridgehead atoms. The number of sulfonamides is 1. The van der Waals surface area contributed by atoms with Crippen LogP contribution in [0.3, 0.4) is 0 Å². The third-order valence-electron chi connectivity index (χ3n) is 9.13. The molecule has 51 heavy (non-hydrogen) atoms. The van der Waals surface area contributed by atoms with Crippen LogP contribution >= 0.6 is 0 Å². The lowest BCUT2D eigenvalue weighted by molar-refractivity contribution is -0.145. The summed E-state index contributed by atoms with van der Waals surface area (Å²) in [6.45, 7) is 8.39. The Labute approximate surface area is 297 Å². The molecule has 3 aromatic rings. The van der Waals surface area contributed by atoms with Crippen LogP contribution in [-0.4, -0.2) is 77.8 Å². The van der Waals surface area contributed by atoms with E-state index in [9.17, 15) is 14.4 Å². The largest absolute Gasteiger partial charge is 0.487 e. The van der Waals surface area contributed by atoms with Crippen LogP contribution in [0.1, 0.15) is 75.2 Å². The molecule has 0 fully saturated rings. The number of nitrogens with two attached hydrogens (primary N) is 1. The van der Waals surface area contributed by atoms with Crippen molar-refractivity contribution in [3.05, 3.63) is 93.5 Å². The Morgan fingerprint density at radius 3 is 2.16 bits per heavy atom.